The lowest BCUT2D eigenvalue weighted by molar-refractivity contribution is -0.143. The summed E-state index contributed by atoms with van der Waals surface area (Å²) in [5, 5.41) is 18.3. The third-order valence-corrected chi connectivity index (χ3v) is 2.43. The molecule has 0 saturated carbocycles. The summed E-state index contributed by atoms with van der Waals surface area (Å²) in [6.45, 7) is 6.34. The van der Waals surface area contributed by atoms with Gasteiger partial charge in [0.2, 0.25) is 0 Å². The van der Waals surface area contributed by atoms with Gasteiger partial charge >= 0.3 is 5.97 Å². The molecule has 0 aliphatic carbocycles. The monoisotopic (exact) mass is 187 g/mol. The highest BCUT2D eigenvalue weighted by Gasteiger charge is 2.41. The van der Waals surface area contributed by atoms with Gasteiger partial charge < -0.3 is 10.2 Å². The van der Waals surface area contributed by atoms with Crippen molar-refractivity contribution < 1.29 is 15.0 Å². The van der Waals surface area contributed by atoms with Crippen LogP contribution in [0.25, 0.3) is 0 Å². The number of carboxylic acid groups (broad SMARTS) is 1. The number of likely N-dealkylation sites (tertiary alicyclic amines) is 1. The van der Waals surface area contributed by atoms with E-state index in [4.69, 9.17) is 5.11 Å². The average molecular weight is 187 g/mol. The SMILES string of the molecule is CC(C)(C)N1C[C@@H](O)C[C@H]1C(=O)O. The maximum Gasteiger partial charge on any atom is 0.321 e. The molecular formula is C9H17NO3. The van der Waals surface area contributed by atoms with Gasteiger partial charge in [0.25, 0.3) is 0 Å². The van der Waals surface area contributed by atoms with Gasteiger partial charge in [0.1, 0.15) is 6.04 Å². The molecule has 1 saturated heterocycles. The lowest BCUT2D eigenvalue weighted by atomic mass is 10.0. The topological polar surface area (TPSA) is 60.8 Å². The van der Waals surface area contributed by atoms with Crippen LogP contribution in [0.2, 0.25) is 0 Å². The molecule has 1 aliphatic heterocycles. The van der Waals surface area contributed by atoms with Gasteiger partial charge in [-0.15, -0.1) is 0 Å². The molecule has 0 amide bonds. The highest BCUT2D eigenvalue weighted by atomic mass is 16.4. The van der Waals surface area contributed by atoms with Gasteiger partial charge in [-0.05, 0) is 20.8 Å². The van der Waals surface area contributed by atoms with Crippen molar-refractivity contribution in [3.05, 3.63) is 0 Å². The molecule has 4 nitrogen and oxygen atoms in total. The highest BCUT2D eigenvalue weighted by molar-refractivity contribution is 5.74. The van der Waals surface area contributed by atoms with Crippen molar-refractivity contribution in [3.8, 4) is 0 Å². The first-order chi connectivity index (χ1) is 5.82. The Morgan fingerprint density at radius 1 is 1.46 bits per heavy atom. The first-order valence-corrected chi connectivity index (χ1v) is 4.50. The van der Waals surface area contributed by atoms with Crippen LogP contribution in [0.3, 0.4) is 0 Å². The smallest absolute Gasteiger partial charge is 0.321 e. The summed E-state index contributed by atoms with van der Waals surface area (Å²) >= 11 is 0. The lowest BCUT2D eigenvalue weighted by Gasteiger charge is -2.34. The maximum absolute atomic E-state index is 10.9. The van der Waals surface area contributed by atoms with Crippen LogP contribution in [0.15, 0.2) is 0 Å². The van der Waals surface area contributed by atoms with Crippen LogP contribution in [0.1, 0.15) is 27.2 Å². The van der Waals surface area contributed by atoms with E-state index in [-0.39, 0.29) is 5.54 Å². The van der Waals surface area contributed by atoms with Gasteiger partial charge in [0, 0.05) is 18.5 Å². The Balaban J connectivity index is 2.78. The van der Waals surface area contributed by atoms with E-state index in [9.17, 15) is 9.90 Å². The molecule has 2 atom stereocenters. The zero-order chi connectivity index (χ0) is 10.2. The molecule has 13 heavy (non-hydrogen) atoms. The van der Waals surface area contributed by atoms with E-state index in [0.717, 1.165) is 0 Å². The number of aliphatic carboxylic acids is 1. The normalized spacial score (nSPS) is 30.8. The van der Waals surface area contributed by atoms with Crippen molar-refractivity contribution >= 4 is 5.97 Å². The Morgan fingerprint density at radius 2 is 2.00 bits per heavy atom. The number of carbonyl (C=O) groups is 1. The number of rotatable bonds is 1. The molecule has 0 aromatic heterocycles. The molecule has 0 aromatic rings. The second-order valence-corrected chi connectivity index (χ2v) is 4.57. The summed E-state index contributed by atoms with van der Waals surface area (Å²) in [5.41, 5.74) is -0.194. The summed E-state index contributed by atoms with van der Waals surface area (Å²) in [7, 11) is 0. The van der Waals surface area contributed by atoms with E-state index in [1.54, 1.807) is 0 Å². The van der Waals surface area contributed by atoms with Crippen LogP contribution in [0, 0.1) is 0 Å². The summed E-state index contributed by atoms with van der Waals surface area (Å²) in [6.07, 6.45) is -0.160. The molecule has 0 bridgehead atoms. The van der Waals surface area contributed by atoms with Gasteiger partial charge in [-0.1, -0.05) is 0 Å². The molecular weight excluding hydrogens is 170 g/mol. The summed E-state index contributed by atoms with van der Waals surface area (Å²) in [5.74, 6) is -0.841. The van der Waals surface area contributed by atoms with Crippen molar-refractivity contribution in [1.29, 1.82) is 0 Å². The summed E-state index contributed by atoms with van der Waals surface area (Å²) in [6, 6.07) is -0.532. The quantitative estimate of drug-likeness (QED) is 0.620. The molecule has 1 rings (SSSR count). The van der Waals surface area contributed by atoms with Gasteiger partial charge in [-0.3, -0.25) is 9.69 Å². The number of β-amino-alcohol motifs (C(OH)–C–C–N with tert-alkyl or cyclic N) is 1. The highest BCUT2D eigenvalue weighted by Crippen LogP contribution is 2.26. The Bertz CT molecular complexity index is 209. The predicted molar refractivity (Wildman–Crippen MR) is 48.5 cm³/mol. The number of aliphatic hydroxyl groups is 1. The van der Waals surface area contributed by atoms with Crippen LogP contribution in [0.5, 0.6) is 0 Å². The molecule has 76 valence electrons. The van der Waals surface area contributed by atoms with Crippen molar-refractivity contribution in [2.45, 2.75) is 44.9 Å². The molecule has 0 aromatic carbocycles. The van der Waals surface area contributed by atoms with E-state index in [1.807, 2.05) is 25.7 Å². The second kappa shape index (κ2) is 3.27. The van der Waals surface area contributed by atoms with E-state index in [1.165, 1.54) is 0 Å². The number of aliphatic hydroxyl groups excluding tert-OH is 1. The summed E-state index contributed by atoms with van der Waals surface area (Å²) < 4.78 is 0. The molecule has 2 N–H and O–H groups in total. The van der Waals surface area contributed by atoms with Gasteiger partial charge in [0.15, 0.2) is 0 Å². The molecule has 1 aliphatic rings. The van der Waals surface area contributed by atoms with Crippen LogP contribution in [-0.2, 0) is 4.79 Å². The van der Waals surface area contributed by atoms with Crippen molar-refractivity contribution in [1.82, 2.24) is 4.90 Å². The van der Waals surface area contributed by atoms with E-state index in [0.29, 0.717) is 13.0 Å². The minimum atomic E-state index is -0.841. The van der Waals surface area contributed by atoms with Crippen molar-refractivity contribution in [3.63, 3.8) is 0 Å². The Labute approximate surface area is 78.2 Å². The zero-order valence-corrected chi connectivity index (χ0v) is 8.32. The van der Waals surface area contributed by atoms with Crippen molar-refractivity contribution in [2.75, 3.05) is 6.54 Å². The molecule has 1 fully saturated rings. The van der Waals surface area contributed by atoms with Crippen LogP contribution in [0.4, 0.5) is 0 Å². The number of nitrogens with zero attached hydrogens (tertiary/aromatic N) is 1. The largest absolute Gasteiger partial charge is 0.480 e. The maximum atomic E-state index is 10.9. The van der Waals surface area contributed by atoms with Crippen LogP contribution >= 0.6 is 0 Å². The Kier molecular flexibility index (Phi) is 2.63. The van der Waals surface area contributed by atoms with E-state index < -0.39 is 18.1 Å². The van der Waals surface area contributed by atoms with Crippen molar-refractivity contribution in [2.24, 2.45) is 0 Å². The fraction of sp³-hybridized carbons (Fsp3) is 0.889. The number of carboxylic acids is 1. The molecule has 0 unspecified atom stereocenters. The Morgan fingerprint density at radius 3 is 2.31 bits per heavy atom. The molecule has 0 radical (unpaired) electrons. The summed E-state index contributed by atoms with van der Waals surface area (Å²) in [4.78, 5) is 12.7. The minimum absolute atomic E-state index is 0.194. The predicted octanol–water partition coefficient (Wildman–Crippen LogP) is 0.305. The first kappa shape index (κ1) is 10.5. The zero-order valence-electron chi connectivity index (χ0n) is 8.32. The average Bonchev–Trinajstić information content (AvgIpc) is 2.29. The van der Waals surface area contributed by atoms with E-state index in [2.05, 4.69) is 0 Å². The van der Waals surface area contributed by atoms with Crippen LogP contribution < -0.4 is 0 Å². The third kappa shape index (κ3) is 2.19. The first-order valence-electron chi connectivity index (χ1n) is 4.50. The van der Waals surface area contributed by atoms with Gasteiger partial charge in [0.05, 0.1) is 6.10 Å². The molecule has 0 spiro atoms. The lowest BCUT2D eigenvalue weighted by Crippen LogP contribution is -2.48. The number of hydrogen-bond acceptors (Lipinski definition) is 3. The minimum Gasteiger partial charge on any atom is -0.480 e. The molecule has 1 heterocycles. The molecule has 4 heteroatoms. The number of hydrogen-bond donors (Lipinski definition) is 2. The van der Waals surface area contributed by atoms with E-state index >= 15 is 0 Å². The third-order valence-electron chi connectivity index (χ3n) is 2.43. The van der Waals surface area contributed by atoms with Gasteiger partial charge in [-0.25, -0.2) is 0 Å². The van der Waals surface area contributed by atoms with Gasteiger partial charge in [-0.2, -0.15) is 0 Å². The fourth-order valence-electron chi connectivity index (χ4n) is 1.79. The van der Waals surface area contributed by atoms with Crippen LogP contribution in [-0.4, -0.2) is 45.3 Å². The second-order valence-electron chi connectivity index (χ2n) is 4.57. The Hall–Kier alpha value is -0.610. The fourth-order valence-corrected chi connectivity index (χ4v) is 1.79. The standard InChI is InChI=1S/C9H17NO3/c1-9(2,3)10-5-6(11)4-7(10)8(12)13/h6-7,11H,4-5H2,1-3H3,(H,12,13)/t6-,7-/m0/s1.